The van der Waals surface area contributed by atoms with Gasteiger partial charge in [0.1, 0.15) is 24.3 Å². The maximum atomic E-state index is 12.4. The summed E-state index contributed by atoms with van der Waals surface area (Å²) in [4.78, 5) is 19.0. The zero-order valence-electron chi connectivity index (χ0n) is 18.1. The highest BCUT2D eigenvalue weighted by atomic mass is 16.5. The van der Waals surface area contributed by atoms with E-state index >= 15 is 0 Å². The second-order valence-corrected chi connectivity index (χ2v) is 8.24. The number of hydrogen-bond acceptors (Lipinski definition) is 4. The molecule has 1 amide bonds. The van der Waals surface area contributed by atoms with Gasteiger partial charge in [-0.25, -0.2) is 4.98 Å². The highest BCUT2D eigenvalue weighted by molar-refractivity contribution is 5.81. The third-order valence-corrected chi connectivity index (χ3v) is 5.84. The number of ether oxygens (including phenoxy) is 1. The van der Waals surface area contributed by atoms with Gasteiger partial charge in [0, 0.05) is 25.4 Å². The van der Waals surface area contributed by atoms with Crippen LogP contribution in [0.3, 0.4) is 0 Å². The normalized spacial score (nSPS) is 17.3. The number of carbonyl (C=O) groups excluding carboxylic acids is 1. The van der Waals surface area contributed by atoms with Crippen molar-refractivity contribution in [2.24, 2.45) is 0 Å². The van der Waals surface area contributed by atoms with Crippen LogP contribution in [-0.4, -0.2) is 51.3 Å². The molecule has 2 heterocycles. The molecule has 1 N–H and O–H groups in total. The Kier molecular flexibility index (Phi) is 6.09. The molecule has 0 radical (unpaired) electrons. The molecule has 31 heavy (non-hydrogen) atoms. The maximum Gasteiger partial charge on any atom is 0.223 e. The number of rotatable bonds is 8. The van der Waals surface area contributed by atoms with Crippen molar-refractivity contribution in [2.75, 3.05) is 19.7 Å². The van der Waals surface area contributed by atoms with Gasteiger partial charge in [-0.15, -0.1) is 6.58 Å². The van der Waals surface area contributed by atoms with E-state index in [0.717, 1.165) is 33.7 Å². The number of aromatic nitrogens is 2. The summed E-state index contributed by atoms with van der Waals surface area (Å²) in [6.07, 6.45) is 1.46. The number of aliphatic hydroxyl groups excluding tert-OH is 1. The van der Waals surface area contributed by atoms with Gasteiger partial charge in [0.15, 0.2) is 0 Å². The van der Waals surface area contributed by atoms with Gasteiger partial charge in [-0.3, -0.25) is 4.79 Å². The van der Waals surface area contributed by atoms with E-state index in [-0.39, 0.29) is 18.4 Å². The summed E-state index contributed by atoms with van der Waals surface area (Å²) in [7, 11) is 0. The van der Waals surface area contributed by atoms with Gasteiger partial charge in [-0.2, -0.15) is 0 Å². The lowest BCUT2D eigenvalue weighted by molar-refractivity contribution is -0.127. The molecule has 1 fully saturated rings. The fourth-order valence-electron chi connectivity index (χ4n) is 4.34. The number of imidazole rings is 1. The Labute approximate surface area is 182 Å². The number of para-hydroxylation sites is 3. The lowest BCUT2D eigenvalue weighted by Crippen LogP contribution is -2.27. The maximum absolute atomic E-state index is 12.4. The predicted molar refractivity (Wildman–Crippen MR) is 121 cm³/mol. The molecule has 6 nitrogen and oxygen atoms in total. The zero-order valence-corrected chi connectivity index (χ0v) is 18.1. The third kappa shape index (κ3) is 4.35. The molecule has 0 bridgehead atoms. The SMILES string of the molecule is C=CCN1CC(c2nc3ccccc3n2CC(O)COc2c(C)cccc2C)CC1=O. The molecule has 6 heteroatoms. The number of aryl methyl sites for hydroxylation is 2. The van der Waals surface area contributed by atoms with Gasteiger partial charge in [0.05, 0.1) is 17.6 Å². The molecule has 0 spiro atoms. The Morgan fingerprint density at radius 1 is 1.23 bits per heavy atom. The van der Waals surface area contributed by atoms with Crippen molar-refractivity contribution in [1.29, 1.82) is 0 Å². The van der Waals surface area contributed by atoms with Crippen LogP contribution >= 0.6 is 0 Å². The molecule has 2 aromatic carbocycles. The molecule has 0 aliphatic carbocycles. The number of fused-ring (bicyclic) bond motifs is 1. The van der Waals surface area contributed by atoms with Crippen LogP contribution in [0.15, 0.2) is 55.1 Å². The average molecular weight is 420 g/mol. The lowest BCUT2D eigenvalue weighted by Gasteiger charge is -2.19. The molecule has 1 aliphatic heterocycles. The molecule has 1 saturated heterocycles. The quantitative estimate of drug-likeness (QED) is 0.567. The van der Waals surface area contributed by atoms with E-state index in [4.69, 9.17) is 9.72 Å². The van der Waals surface area contributed by atoms with E-state index < -0.39 is 6.10 Å². The number of aliphatic hydroxyl groups is 1. The van der Waals surface area contributed by atoms with Crippen molar-refractivity contribution in [3.8, 4) is 5.75 Å². The van der Waals surface area contributed by atoms with E-state index in [1.54, 1.807) is 6.08 Å². The van der Waals surface area contributed by atoms with Crippen LogP contribution < -0.4 is 4.74 Å². The van der Waals surface area contributed by atoms with Gasteiger partial charge >= 0.3 is 0 Å². The van der Waals surface area contributed by atoms with Crippen molar-refractivity contribution < 1.29 is 14.6 Å². The van der Waals surface area contributed by atoms with E-state index in [2.05, 4.69) is 6.58 Å². The van der Waals surface area contributed by atoms with Crippen molar-refractivity contribution in [3.05, 3.63) is 72.1 Å². The van der Waals surface area contributed by atoms with Crippen LogP contribution in [-0.2, 0) is 11.3 Å². The lowest BCUT2D eigenvalue weighted by atomic mass is 10.1. The highest BCUT2D eigenvalue weighted by Crippen LogP contribution is 2.31. The van der Waals surface area contributed by atoms with Crippen molar-refractivity contribution >= 4 is 16.9 Å². The van der Waals surface area contributed by atoms with Gasteiger partial charge in [0.25, 0.3) is 0 Å². The smallest absolute Gasteiger partial charge is 0.223 e. The zero-order chi connectivity index (χ0) is 22.0. The Morgan fingerprint density at radius 2 is 1.97 bits per heavy atom. The predicted octanol–water partition coefficient (Wildman–Crippen LogP) is 3.59. The summed E-state index contributed by atoms with van der Waals surface area (Å²) < 4.78 is 8.01. The van der Waals surface area contributed by atoms with Crippen molar-refractivity contribution in [2.45, 2.75) is 38.8 Å². The van der Waals surface area contributed by atoms with Crippen LogP contribution in [0.1, 0.15) is 29.3 Å². The second-order valence-electron chi connectivity index (χ2n) is 8.24. The van der Waals surface area contributed by atoms with Gasteiger partial charge < -0.3 is 19.3 Å². The number of benzene rings is 2. The van der Waals surface area contributed by atoms with Gasteiger partial charge in [0.2, 0.25) is 5.91 Å². The summed E-state index contributed by atoms with van der Waals surface area (Å²) in [6.45, 7) is 9.44. The standard InChI is InChI=1S/C25H29N3O3/c1-4-12-27-14-19(13-23(27)30)25-26-21-10-5-6-11-22(21)28(25)15-20(29)16-31-24-17(2)8-7-9-18(24)3/h4-11,19-20,29H,1,12-16H2,2-3H3. The minimum absolute atomic E-state index is 0.00780. The number of amides is 1. The first-order valence-corrected chi connectivity index (χ1v) is 10.7. The Morgan fingerprint density at radius 3 is 2.71 bits per heavy atom. The largest absolute Gasteiger partial charge is 0.490 e. The van der Waals surface area contributed by atoms with Crippen LogP contribution in [0.5, 0.6) is 5.75 Å². The molecule has 0 saturated carbocycles. The van der Waals surface area contributed by atoms with Crippen molar-refractivity contribution in [1.82, 2.24) is 14.5 Å². The first-order chi connectivity index (χ1) is 15.0. The van der Waals surface area contributed by atoms with Crippen LogP contribution in [0, 0.1) is 13.8 Å². The second kappa shape index (κ2) is 8.94. The summed E-state index contributed by atoms with van der Waals surface area (Å²) in [5, 5.41) is 10.8. The summed E-state index contributed by atoms with van der Waals surface area (Å²) in [5.41, 5.74) is 3.92. The fourth-order valence-corrected chi connectivity index (χ4v) is 4.34. The number of carbonyl (C=O) groups is 1. The number of hydrogen-bond donors (Lipinski definition) is 1. The van der Waals surface area contributed by atoms with Crippen LogP contribution in [0.2, 0.25) is 0 Å². The first kappa shape index (κ1) is 21.1. The molecule has 4 rings (SSSR count). The average Bonchev–Trinajstić information content (AvgIpc) is 3.29. The number of likely N-dealkylation sites (tertiary alicyclic amines) is 1. The molecule has 1 aromatic heterocycles. The minimum Gasteiger partial charge on any atom is -0.490 e. The molecular formula is C25H29N3O3. The van der Waals surface area contributed by atoms with Gasteiger partial charge in [-0.05, 0) is 37.1 Å². The van der Waals surface area contributed by atoms with E-state index in [1.807, 2.05) is 65.8 Å². The molecule has 1 aliphatic rings. The summed E-state index contributed by atoms with van der Waals surface area (Å²) in [6, 6.07) is 13.9. The first-order valence-electron chi connectivity index (χ1n) is 10.7. The summed E-state index contributed by atoms with van der Waals surface area (Å²) in [5.74, 6) is 1.76. The fraction of sp³-hybridized carbons (Fsp3) is 0.360. The Balaban J connectivity index is 1.56. The summed E-state index contributed by atoms with van der Waals surface area (Å²) >= 11 is 0. The topological polar surface area (TPSA) is 67.6 Å². The van der Waals surface area contributed by atoms with E-state index in [0.29, 0.717) is 26.1 Å². The Bertz CT molecular complexity index is 1080. The van der Waals surface area contributed by atoms with E-state index in [9.17, 15) is 9.90 Å². The molecular weight excluding hydrogens is 390 g/mol. The van der Waals surface area contributed by atoms with Gasteiger partial charge in [-0.1, -0.05) is 36.4 Å². The molecule has 2 atom stereocenters. The molecule has 2 unspecified atom stereocenters. The third-order valence-electron chi connectivity index (χ3n) is 5.84. The number of nitrogens with zero attached hydrogens (tertiary/aromatic N) is 3. The Hall–Kier alpha value is -3.12. The minimum atomic E-state index is -0.711. The molecule has 162 valence electrons. The van der Waals surface area contributed by atoms with Crippen molar-refractivity contribution in [3.63, 3.8) is 0 Å². The highest BCUT2D eigenvalue weighted by Gasteiger charge is 2.33. The molecule has 3 aromatic rings. The van der Waals surface area contributed by atoms with E-state index in [1.165, 1.54) is 0 Å². The van der Waals surface area contributed by atoms with Crippen LogP contribution in [0.4, 0.5) is 0 Å². The van der Waals surface area contributed by atoms with Crippen LogP contribution in [0.25, 0.3) is 11.0 Å². The monoisotopic (exact) mass is 419 g/mol.